The SMILES string of the molecule is COc1cc(C)c(/C(O)=C2\C(=O)C(=O)N(Cc3ccccn3)C2c2ccc(F)cc2)cc1C. The van der Waals surface area contributed by atoms with Gasteiger partial charge in [-0.05, 0) is 66.9 Å². The molecule has 1 aliphatic rings. The zero-order valence-corrected chi connectivity index (χ0v) is 18.5. The zero-order chi connectivity index (χ0) is 23.7. The van der Waals surface area contributed by atoms with Crippen LogP contribution < -0.4 is 4.74 Å². The number of likely N-dealkylation sites (tertiary alicyclic amines) is 1. The molecule has 1 amide bonds. The number of halogens is 1. The summed E-state index contributed by atoms with van der Waals surface area (Å²) >= 11 is 0. The quantitative estimate of drug-likeness (QED) is 0.355. The highest BCUT2D eigenvalue weighted by Gasteiger charge is 2.46. The number of aryl methyl sites for hydroxylation is 2. The standard InChI is InChI=1S/C26H23FN2O4/c1-15-13-21(33-3)16(2)12-20(15)24(30)22-23(17-7-9-18(27)10-8-17)29(26(32)25(22)31)14-19-6-4-5-11-28-19/h4-13,23,30H,14H2,1-3H3/b24-22+. The minimum absolute atomic E-state index is 0.0461. The maximum Gasteiger partial charge on any atom is 0.296 e. The van der Waals surface area contributed by atoms with Crippen LogP contribution in [0.3, 0.4) is 0 Å². The number of carbonyl (C=O) groups is 2. The van der Waals surface area contributed by atoms with Gasteiger partial charge in [-0.3, -0.25) is 14.6 Å². The van der Waals surface area contributed by atoms with Gasteiger partial charge in [0, 0.05) is 11.8 Å². The van der Waals surface area contributed by atoms with Gasteiger partial charge in [0.05, 0.1) is 31.0 Å². The van der Waals surface area contributed by atoms with Gasteiger partial charge in [-0.25, -0.2) is 4.39 Å². The molecule has 6 nitrogen and oxygen atoms in total. The molecule has 1 aromatic heterocycles. The number of aliphatic hydroxyl groups excluding tert-OH is 1. The van der Waals surface area contributed by atoms with E-state index >= 15 is 0 Å². The Kier molecular flexibility index (Phi) is 5.96. The molecule has 0 radical (unpaired) electrons. The van der Waals surface area contributed by atoms with E-state index in [9.17, 15) is 19.1 Å². The van der Waals surface area contributed by atoms with Crippen LogP contribution in [0.5, 0.6) is 5.75 Å². The third-order valence-electron chi connectivity index (χ3n) is 5.78. The molecule has 1 unspecified atom stereocenters. The summed E-state index contributed by atoms with van der Waals surface area (Å²) in [4.78, 5) is 31.8. The van der Waals surface area contributed by atoms with E-state index in [1.54, 1.807) is 50.6 Å². The maximum absolute atomic E-state index is 13.6. The van der Waals surface area contributed by atoms with Gasteiger partial charge in [0.15, 0.2) is 0 Å². The highest BCUT2D eigenvalue weighted by molar-refractivity contribution is 6.46. The molecule has 2 aromatic carbocycles. The van der Waals surface area contributed by atoms with Crippen molar-refractivity contribution in [3.8, 4) is 5.75 Å². The number of methoxy groups -OCH3 is 1. The van der Waals surface area contributed by atoms with Gasteiger partial charge < -0.3 is 14.7 Å². The number of benzene rings is 2. The summed E-state index contributed by atoms with van der Waals surface area (Å²) in [5.41, 5.74) is 2.93. The largest absolute Gasteiger partial charge is 0.507 e. The Balaban J connectivity index is 1.89. The molecular formula is C26H23FN2O4. The monoisotopic (exact) mass is 446 g/mol. The number of hydrogen-bond acceptors (Lipinski definition) is 5. The number of ketones is 1. The van der Waals surface area contributed by atoms with Gasteiger partial charge in [-0.2, -0.15) is 0 Å². The number of rotatable bonds is 5. The van der Waals surface area contributed by atoms with Crippen LogP contribution in [-0.4, -0.2) is 33.8 Å². The molecular weight excluding hydrogens is 423 g/mol. The van der Waals surface area contributed by atoms with E-state index in [4.69, 9.17) is 4.74 Å². The molecule has 1 saturated heterocycles. The Labute approximate surface area is 191 Å². The van der Waals surface area contributed by atoms with Crippen LogP contribution in [0.2, 0.25) is 0 Å². The highest BCUT2D eigenvalue weighted by atomic mass is 19.1. The lowest BCUT2D eigenvalue weighted by atomic mass is 9.93. The van der Waals surface area contributed by atoms with E-state index < -0.39 is 23.5 Å². The molecule has 1 atom stereocenters. The summed E-state index contributed by atoms with van der Waals surface area (Å²) in [6.07, 6.45) is 1.60. The third kappa shape index (κ3) is 4.09. The molecule has 0 spiro atoms. The fourth-order valence-corrected chi connectivity index (χ4v) is 4.11. The van der Waals surface area contributed by atoms with Crippen LogP contribution in [0.4, 0.5) is 4.39 Å². The minimum Gasteiger partial charge on any atom is -0.507 e. The van der Waals surface area contributed by atoms with Crippen molar-refractivity contribution in [2.24, 2.45) is 0 Å². The Morgan fingerprint density at radius 1 is 1.09 bits per heavy atom. The number of nitrogens with zero attached hydrogens (tertiary/aromatic N) is 2. The lowest BCUT2D eigenvalue weighted by molar-refractivity contribution is -0.140. The summed E-state index contributed by atoms with van der Waals surface area (Å²) < 4.78 is 19.0. The smallest absolute Gasteiger partial charge is 0.296 e. The van der Waals surface area contributed by atoms with Gasteiger partial charge in [0.2, 0.25) is 0 Å². The van der Waals surface area contributed by atoms with Crippen molar-refractivity contribution >= 4 is 17.4 Å². The topological polar surface area (TPSA) is 79.7 Å². The van der Waals surface area contributed by atoms with E-state index in [-0.39, 0.29) is 17.9 Å². The molecule has 4 rings (SSSR count). The third-order valence-corrected chi connectivity index (χ3v) is 5.78. The molecule has 168 valence electrons. The number of aliphatic hydroxyl groups is 1. The van der Waals surface area contributed by atoms with Gasteiger partial charge >= 0.3 is 0 Å². The van der Waals surface area contributed by atoms with Gasteiger partial charge in [-0.1, -0.05) is 18.2 Å². The first-order valence-electron chi connectivity index (χ1n) is 10.4. The Morgan fingerprint density at radius 3 is 2.45 bits per heavy atom. The van der Waals surface area contributed by atoms with Crippen molar-refractivity contribution in [2.45, 2.75) is 26.4 Å². The lowest BCUT2D eigenvalue weighted by Gasteiger charge is -2.25. The normalized spacial score (nSPS) is 17.5. The molecule has 1 N–H and O–H groups in total. The Bertz CT molecular complexity index is 1250. The van der Waals surface area contributed by atoms with E-state index in [0.29, 0.717) is 28.1 Å². The fourth-order valence-electron chi connectivity index (χ4n) is 4.11. The lowest BCUT2D eigenvalue weighted by Crippen LogP contribution is -2.29. The van der Waals surface area contributed by atoms with Crippen molar-refractivity contribution in [3.63, 3.8) is 0 Å². The molecule has 1 fully saturated rings. The summed E-state index contributed by atoms with van der Waals surface area (Å²) in [6, 6.07) is 13.4. The maximum atomic E-state index is 13.6. The number of hydrogen-bond donors (Lipinski definition) is 1. The average molecular weight is 446 g/mol. The molecule has 33 heavy (non-hydrogen) atoms. The molecule has 2 heterocycles. The molecule has 0 bridgehead atoms. The van der Waals surface area contributed by atoms with E-state index in [1.807, 2.05) is 6.92 Å². The van der Waals surface area contributed by atoms with Crippen LogP contribution in [0.25, 0.3) is 5.76 Å². The van der Waals surface area contributed by atoms with Crippen LogP contribution in [-0.2, 0) is 16.1 Å². The van der Waals surface area contributed by atoms with E-state index in [0.717, 1.165) is 5.56 Å². The molecule has 3 aromatic rings. The first-order chi connectivity index (χ1) is 15.8. The van der Waals surface area contributed by atoms with Crippen molar-refractivity contribution in [1.29, 1.82) is 0 Å². The van der Waals surface area contributed by atoms with Crippen molar-refractivity contribution in [1.82, 2.24) is 9.88 Å². The van der Waals surface area contributed by atoms with Gasteiger partial charge in [-0.15, -0.1) is 0 Å². The number of carbonyl (C=O) groups excluding carboxylic acids is 2. The number of ether oxygens (including phenoxy) is 1. The van der Waals surface area contributed by atoms with Crippen LogP contribution in [0.1, 0.15) is 34.0 Å². The predicted octanol–water partition coefficient (Wildman–Crippen LogP) is 4.47. The van der Waals surface area contributed by atoms with Crippen molar-refractivity contribution in [3.05, 3.63) is 100 Å². The average Bonchev–Trinajstić information content (AvgIpc) is 3.06. The second kappa shape index (κ2) is 8.86. The first kappa shape index (κ1) is 22.2. The van der Waals surface area contributed by atoms with Gasteiger partial charge in [0.1, 0.15) is 17.3 Å². The van der Waals surface area contributed by atoms with E-state index in [2.05, 4.69) is 4.98 Å². The summed E-state index contributed by atoms with van der Waals surface area (Å²) in [5, 5.41) is 11.3. The van der Waals surface area contributed by atoms with E-state index in [1.165, 1.54) is 29.2 Å². The molecule has 0 saturated carbocycles. The van der Waals surface area contributed by atoms with Crippen LogP contribution in [0.15, 0.2) is 66.4 Å². The van der Waals surface area contributed by atoms with Crippen molar-refractivity contribution in [2.75, 3.05) is 7.11 Å². The summed E-state index contributed by atoms with van der Waals surface area (Å²) in [7, 11) is 1.55. The summed E-state index contributed by atoms with van der Waals surface area (Å²) in [6.45, 7) is 3.67. The van der Waals surface area contributed by atoms with Gasteiger partial charge in [0.25, 0.3) is 11.7 Å². The fraction of sp³-hybridized carbons (Fsp3) is 0.192. The number of Topliss-reactive ketones (excluding diaryl/α,β-unsaturated/α-hetero) is 1. The second-order valence-corrected chi connectivity index (χ2v) is 7.94. The number of pyridine rings is 1. The molecule has 1 aliphatic heterocycles. The highest BCUT2D eigenvalue weighted by Crippen LogP contribution is 2.41. The first-order valence-corrected chi connectivity index (χ1v) is 10.4. The second-order valence-electron chi connectivity index (χ2n) is 7.94. The molecule has 0 aliphatic carbocycles. The van der Waals surface area contributed by atoms with Crippen molar-refractivity contribution < 1.29 is 23.8 Å². The van der Waals surface area contributed by atoms with Crippen LogP contribution >= 0.6 is 0 Å². The Hall–Kier alpha value is -4.00. The summed E-state index contributed by atoms with van der Waals surface area (Å²) in [5.74, 6) is -1.63. The number of aromatic nitrogens is 1. The minimum atomic E-state index is -0.894. The zero-order valence-electron chi connectivity index (χ0n) is 18.5. The van der Waals surface area contributed by atoms with Crippen LogP contribution in [0, 0.1) is 19.7 Å². The number of amides is 1. The predicted molar refractivity (Wildman–Crippen MR) is 121 cm³/mol. The Morgan fingerprint density at radius 2 is 1.82 bits per heavy atom. The molecule has 7 heteroatoms.